The zero-order valence-electron chi connectivity index (χ0n) is 17.4. The number of rotatable bonds is 6. The second kappa shape index (κ2) is 8.85. The molecule has 0 fully saturated rings. The Hall–Kier alpha value is -3.64. The van der Waals surface area contributed by atoms with Crippen molar-refractivity contribution in [1.82, 2.24) is 0 Å². The van der Waals surface area contributed by atoms with Gasteiger partial charge in [0.15, 0.2) is 0 Å². The Bertz CT molecular complexity index is 1190. The molecule has 0 unspecified atom stereocenters. The lowest BCUT2D eigenvalue weighted by molar-refractivity contribution is -0.120. The molecule has 0 saturated carbocycles. The summed E-state index contributed by atoms with van der Waals surface area (Å²) in [5.74, 6) is -0.767. The van der Waals surface area contributed by atoms with Crippen LogP contribution in [0.5, 0.6) is 5.75 Å². The van der Waals surface area contributed by atoms with Crippen molar-refractivity contribution in [3.05, 3.63) is 94.9 Å². The molecule has 5 nitrogen and oxygen atoms in total. The van der Waals surface area contributed by atoms with Crippen molar-refractivity contribution in [2.24, 2.45) is 0 Å². The number of hydrogen-bond donors (Lipinski definition) is 1. The van der Waals surface area contributed by atoms with E-state index in [4.69, 9.17) is 16.3 Å². The molecule has 3 aromatic rings. The Morgan fingerprint density at radius 3 is 2.09 bits per heavy atom. The maximum Gasteiger partial charge on any atom is 0.282 e. The van der Waals surface area contributed by atoms with E-state index in [2.05, 4.69) is 5.32 Å². The molecule has 0 saturated heterocycles. The molecule has 0 bridgehead atoms. The summed E-state index contributed by atoms with van der Waals surface area (Å²) < 4.78 is 19.1. The SMILES string of the molecule is CC(C)Oc1ccc(NC2=C(c3ccc(F)cc3)C(=O)N(c3ccc(Cl)cc3)C2=O)cc1. The van der Waals surface area contributed by atoms with Crippen molar-refractivity contribution >= 4 is 40.4 Å². The topological polar surface area (TPSA) is 58.6 Å². The Kier molecular flexibility index (Phi) is 5.97. The third-order valence-electron chi connectivity index (χ3n) is 4.80. The lowest BCUT2D eigenvalue weighted by Crippen LogP contribution is -2.32. The maximum atomic E-state index is 13.5. The fraction of sp³-hybridized carbons (Fsp3) is 0.120. The first kappa shape index (κ1) is 21.6. The van der Waals surface area contributed by atoms with Crippen molar-refractivity contribution in [2.75, 3.05) is 10.2 Å². The summed E-state index contributed by atoms with van der Waals surface area (Å²) >= 11 is 5.95. The van der Waals surface area contributed by atoms with E-state index in [-0.39, 0.29) is 17.4 Å². The fourth-order valence-electron chi connectivity index (χ4n) is 3.39. The second-order valence-electron chi connectivity index (χ2n) is 7.50. The minimum absolute atomic E-state index is 0.0311. The Morgan fingerprint density at radius 2 is 1.50 bits per heavy atom. The monoisotopic (exact) mass is 450 g/mol. The third kappa shape index (κ3) is 4.36. The van der Waals surface area contributed by atoms with E-state index in [0.717, 1.165) is 4.90 Å². The molecule has 32 heavy (non-hydrogen) atoms. The summed E-state index contributed by atoms with van der Waals surface area (Å²) in [6, 6.07) is 18.9. The average molecular weight is 451 g/mol. The van der Waals surface area contributed by atoms with Crippen LogP contribution in [0.2, 0.25) is 5.02 Å². The van der Waals surface area contributed by atoms with Gasteiger partial charge in [0.25, 0.3) is 11.8 Å². The molecule has 2 amide bonds. The average Bonchev–Trinajstić information content (AvgIpc) is 3.00. The van der Waals surface area contributed by atoms with Crippen LogP contribution in [-0.2, 0) is 9.59 Å². The number of ether oxygens (including phenoxy) is 1. The van der Waals surface area contributed by atoms with Gasteiger partial charge >= 0.3 is 0 Å². The van der Waals surface area contributed by atoms with Crippen LogP contribution in [0.15, 0.2) is 78.5 Å². The van der Waals surface area contributed by atoms with E-state index < -0.39 is 17.6 Å². The maximum absolute atomic E-state index is 13.5. The number of nitrogens with one attached hydrogen (secondary N) is 1. The summed E-state index contributed by atoms with van der Waals surface area (Å²) in [7, 11) is 0. The number of hydrogen-bond acceptors (Lipinski definition) is 4. The highest BCUT2D eigenvalue weighted by molar-refractivity contribution is 6.46. The minimum atomic E-state index is -0.515. The molecule has 7 heteroatoms. The fourth-order valence-corrected chi connectivity index (χ4v) is 3.51. The molecular weight excluding hydrogens is 431 g/mol. The van der Waals surface area contributed by atoms with Gasteiger partial charge in [-0.15, -0.1) is 0 Å². The highest BCUT2D eigenvalue weighted by Gasteiger charge is 2.40. The van der Waals surface area contributed by atoms with Gasteiger partial charge in [-0.05, 0) is 80.1 Å². The molecule has 162 valence electrons. The van der Waals surface area contributed by atoms with E-state index in [0.29, 0.717) is 27.7 Å². The molecule has 0 spiro atoms. The molecule has 0 atom stereocenters. The number of amides is 2. The highest BCUT2D eigenvalue weighted by atomic mass is 35.5. The molecule has 0 radical (unpaired) electrons. The van der Waals surface area contributed by atoms with Gasteiger partial charge in [0.05, 0.1) is 17.4 Å². The van der Waals surface area contributed by atoms with Crippen LogP contribution in [0.1, 0.15) is 19.4 Å². The van der Waals surface area contributed by atoms with Gasteiger partial charge in [0, 0.05) is 10.7 Å². The zero-order valence-corrected chi connectivity index (χ0v) is 18.2. The van der Waals surface area contributed by atoms with Crippen molar-refractivity contribution in [1.29, 1.82) is 0 Å². The highest BCUT2D eigenvalue weighted by Crippen LogP contribution is 2.34. The van der Waals surface area contributed by atoms with Crippen LogP contribution in [0, 0.1) is 5.82 Å². The first-order valence-electron chi connectivity index (χ1n) is 10.0. The van der Waals surface area contributed by atoms with Crippen molar-refractivity contribution in [2.45, 2.75) is 20.0 Å². The number of halogens is 2. The molecular formula is C25H20ClFN2O3. The van der Waals surface area contributed by atoms with E-state index in [1.807, 2.05) is 13.8 Å². The van der Waals surface area contributed by atoms with Crippen LogP contribution >= 0.6 is 11.6 Å². The summed E-state index contributed by atoms with van der Waals surface area (Å²) in [4.78, 5) is 27.7. The Morgan fingerprint density at radius 1 is 0.875 bits per heavy atom. The summed E-state index contributed by atoms with van der Waals surface area (Å²) in [6.45, 7) is 3.86. The molecule has 0 aromatic heterocycles. The molecule has 1 aliphatic heterocycles. The van der Waals surface area contributed by atoms with Crippen LogP contribution in [0.3, 0.4) is 0 Å². The van der Waals surface area contributed by atoms with E-state index in [9.17, 15) is 14.0 Å². The first-order chi connectivity index (χ1) is 15.3. The number of nitrogens with zero attached hydrogens (tertiary/aromatic N) is 1. The van der Waals surface area contributed by atoms with Crippen molar-refractivity contribution < 1.29 is 18.7 Å². The van der Waals surface area contributed by atoms with Crippen LogP contribution in [-0.4, -0.2) is 17.9 Å². The summed E-state index contributed by atoms with van der Waals surface area (Å²) in [5, 5.41) is 3.56. The van der Waals surface area contributed by atoms with Gasteiger partial charge in [-0.3, -0.25) is 9.59 Å². The minimum Gasteiger partial charge on any atom is -0.491 e. The van der Waals surface area contributed by atoms with Gasteiger partial charge < -0.3 is 10.1 Å². The zero-order chi connectivity index (χ0) is 22.8. The number of imide groups is 1. The van der Waals surface area contributed by atoms with Crippen LogP contribution in [0.25, 0.3) is 5.57 Å². The van der Waals surface area contributed by atoms with E-state index >= 15 is 0 Å². The predicted molar refractivity (Wildman–Crippen MR) is 123 cm³/mol. The van der Waals surface area contributed by atoms with Crippen LogP contribution in [0.4, 0.5) is 15.8 Å². The summed E-state index contributed by atoms with van der Waals surface area (Å²) in [6.07, 6.45) is 0.0311. The number of anilines is 2. The lowest BCUT2D eigenvalue weighted by Gasteiger charge is -2.15. The van der Waals surface area contributed by atoms with E-state index in [1.54, 1.807) is 48.5 Å². The molecule has 1 N–H and O–H groups in total. The second-order valence-corrected chi connectivity index (χ2v) is 7.93. The van der Waals surface area contributed by atoms with Gasteiger partial charge in [-0.2, -0.15) is 0 Å². The summed E-state index contributed by atoms with van der Waals surface area (Å²) in [5.41, 5.74) is 1.70. The van der Waals surface area contributed by atoms with Crippen molar-refractivity contribution in [3.8, 4) is 5.75 Å². The number of benzene rings is 3. The van der Waals surface area contributed by atoms with Gasteiger partial charge in [-0.25, -0.2) is 9.29 Å². The predicted octanol–water partition coefficient (Wildman–Crippen LogP) is 5.66. The number of carbonyl (C=O) groups is 2. The van der Waals surface area contributed by atoms with Gasteiger partial charge in [0.2, 0.25) is 0 Å². The van der Waals surface area contributed by atoms with Gasteiger partial charge in [-0.1, -0.05) is 23.7 Å². The smallest absolute Gasteiger partial charge is 0.282 e. The molecule has 4 rings (SSSR count). The quantitative estimate of drug-likeness (QED) is 0.492. The Balaban J connectivity index is 1.73. The normalized spacial score (nSPS) is 13.8. The van der Waals surface area contributed by atoms with E-state index in [1.165, 1.54) is 24.3 Å². The molecule has 3 aromatic carbocycles. The standard InChI is InChI=1S/C25H20ClFN2O3/c1-15(2)32-21-13-9-19(10-14-21)28-23-22(16-3-7-18(27)8-4-16)24(30)29(25(23)31)20-11-5-17(26)6-12-20/h3-15,28H,1-2H3. The largest absolute Gasteiger partial charge is 0.491 e. The van der Waals surface area contributed by atoms with Crippen molar-refractivity contribution in [3.63, 3.8) is 0 Å². The Labute approximate surface area is 190 Å². The van der Waals surface area contributed by atoms with Crippen LogP contribution < -0.4 is 15.0 Å². The third-order valence-corrected chi connectivity index (χ3v) is 5.05. The lowest BCUT2D eigenvalue weighted by atomic mass is 10.0. The van der Waals surface area contributed by atoms with Gasteiger partial charge in [0.1, 0.15) is 17.3 Å². The first-order valence-corrected chi connectivity index (χ1v) is 10.4. The molecule has 1 aliphatic rings. The number of carbonyl (C=O) groups excluding carboxylic acids is 2. The molecule has 1 heterocycles. The molecule has 0 aliphatic carbocycles.